The number of fused-ring (bicyclic) bond motifs is 1. The molecule has 1 amide bonds. The van der Waals surface area contributed by atoms with Crippen molar-refractivity contribution in [1.29, 1.82) is 0 Å². The number of carbonyl (C=O) groups excluding carboxylic acids is 2. The summed E-state index contributed by atoms with van der Waals surface area (Å²) in [6.07, 6.45) is 0. The number of hydrogen-bond donors (Lipinski definition) is 1. The van der Waals surface area contributed by atoms with Crippen LogP contribution in [0.25, 0.3) is 16.0 Å². The van der Waals surface area contributed by atoms with Crippen LogP contribution in [0.4, 0.5) is 9.52 Å². The third-order valence-corrected chi connectivity index (χ3v) is 7.05. The second-order valence-electron chi connectivity index (χ2n) is 8.48. The quantitative estimate of drug-likeness (QED) is 0.226. The van der Waals surface area contributed by atoms with Crippen LogP contribution in [0.15, 0.2) is 66.2 Å². The minimum atomic E-state index is -1.15. The number of ketones is 1. The number of benzene rings is 3. The fraction of sp³-hybridized carbons (Fsp3) is 0.148. The van der Waals surface area contributed by atoms with Crippen LogP contribution in [0, 0.1) is 26.6 Å². The van der Waals surface area contributed by atoms with Crippen molar-refractivity contribution < 1.29 is 19.1 Å². The summed E-state index contributed by atoms with van der Waals surface area (Å²) in [5, 5.41) is 11.6. The SMILES string of the molecule is Cc1ccc(C)c(/C(O)=C2\C(=O)C(=O)N(c3nc4ccc(C)cc4s3)C2c2ccccc2F)c1. The lowest BCUT2D eigenvalue weighted by Crippen LogP contribution is -2.29. The maximum absolute atomic E-state index is 15.1. The zero-order valence-corrected chi connectivity index (χ0v) is 19.6. The van der Waals surface area contributed by atoms with Crippen molar-refractivity contribution in [2.24, 2.45) is 0 Å². The Balaban J connectivity index is 1.78. The largest absolute Gasteiger partial charge is 0.507 e. The zero-order valence-electron chi connectivity index (χ0n) is 18.8. The van der Waals surface area contributed by atoms with E-state index in [0.717, 1.165) is 21.4 Å². The van der Waals surface area contributed by atoms with Gasteiger partial charge in [-0.1, -0.05) is 53.3 Å². The molecule has 0 aliphatic carbocycles. The Bertz CT molecular complexity index is 1520. The molecule has 1 fully saturated rings. The first-order valence-electron chi connectivity index (χ1n) is 10.8. The van der Waals surface area contributed by atoms with Crippen LogP contribution in [-0.2, 0) is 9.59 Å². The summed E-state index contributed by atoms with van der Waals surface area (Å²) in [7, 11) is 0. The number of carbonyl (C=O) groups is 2. The predicted molar refractivity (Wildman–Crippen MR) is 131 cm³/mol. The Labute approximate surface area is 199 Å². The average Bonchev–Trinajstić information content (AvgIpc) is 3.33. The second-order valence-corrected chi connectivity index (χ2v) is 9.49. The molecule has 0 saturated carbocycles. The van der Waals surface area contributed by atoms with Gasteiger partial charge in [-0.05, 0) is 56.2 Å². The highest BCUT2D eigenvalue weighted by molar-refractivity contribution is 7.22. The van der Waals surface area contributed by atoms with Crippen molar-refractivity contribution in [3.63, 3.8) is 0 Å². The van der Waals surface area contributed by atoms with Gasteiger partial charge in [-0.15, -0.1) is 0 Å². The molecule has 0 radical (unpaired) electrons. The molecule has 5 rings (SSSR count). The van der Waals surface area contributed by atoms with Crippen LogP contribution in [-0.4, -0.2) is 21.8 Å². The molecule has 5 nitrogen and oxygen atoms in total. The van der Waals surface area contributed by atoms with E-state index in [1.54, 1.807) is 19.1 Å². The molecule has 1 unspecified atom stereocenters. The van der Waals surface area contributed by atoms with Crippen LogP contribution in [0.1, 0.15) is 33.9 Å². The van der Waals surface area contributed by atoms with E-state index >= 15 is 4.39 Å². The molecule has 4 aromatic rings. The smallest absolute Gasteiger partial charge is 0.301 e. The van der Waals surface area contributed by atoms with Gasteiger partial charge in [0.25, 0.3) is 5.78 Å². The van der Waals surface area contributed by atoms with Crippen LogP contribution in [0.2, 0.25) is 0 Å². The van der Waals surface area contributed by atoms with E-state index in [0.29, 0.717) is 11.1 Å². The summed E-state index contributed by atoms with van der Waals surface area (Å²) in [5.74, 6) is -2.63. The fourth-order valence-electron chi connectivity index (χ4n) is 4.28. The molecule has 34 heavy (non-hydrogen) atoms. The lowest BCUT2D eigenvalue weighted by atomic mass is 9.93. The first kappa shape index (κ1) is 22.0. The first-order valence-corrected chi connectivity index (χ1v) is 11.6. The molecule has 0 bridgehead atoms. The predicted octanol–water partition coefficient (Wildman–Crippen LogP) is 5.99. The van der Waals surface area contributed by atoms with Crippen LogP contribution < -0.4 is 4.90 Å². The third-order valence-electron chi connectivity index (χ3n) is 6.03. The lowest BCUT2D eigenvalue weighted by molar-refractivity contribution is -0.132. The number of aliphatic hydroxyl groups excluding tert-OH is 1. The van der Waals surface area contributed by atoms with E-state index in [-0.39, 0.29) is 22.0 Å². The van der Waals surface area contributed by atoms with Crippen LogP contribution >= 0.6 is 11.3 Å². The van der Waals surface area contributed by atoms with Gasteiger partial charge in [-0.3, -0.25) is 14.5 Å². The number of halogens is 1. The summed E-state index contributed by atoms with van der Waals surface area (Å²) in [5.41, 5.74) is 3.71. The van der Waals surface area contributed by atoms with Gasteiger partial charge in [0, 0.05) is 11.1 Å². The number of aromatic nitrogens is 1. The Morgan fingerprint density at radius 3 is 2.47 bits per heavy atom. The van der Waals surface area contributed by atoms with Gasteiger partial charge >= 0.3 is 5.91 Å². The molecule has 0 spiro atoms. The normalized spacial score (nSPS) is 17.6. The summed E-state index contributed by atoms with van der Waals surface area (Å²) in [6, 6.07) is 16.0. The topological polar surface area (TPSA) is 70.5 Å². The number of thiazole rings is 1. The fourth-order valence-corrected chi connectivity index (χ4v) is 5.37. The standard InChI is InChI=1S/C27H21FN2O3S/c1-14-8-10-16(3)18(12-14)24(31)22-23(17-6-4-5-7-19(17)28)30(26(33)25(22)32)27-29-20-11-9-15(2)13-21(20)34-27/h4-13,23,31H,1-3H3/b24-22+. The van der Waals surface area contributed by atoms with Crippen molar-refractivity contribution in [1.82, 2.24) is 4.98 Å². The summed E-state index contributed by atoms with van der Waals surface area (Å²) < 4.78 is 15.9. The van der Waals surface area contributed by atoms with Crippen LogP contribution in [0.3, 0.4) is 0 Å². The monoisotopic (exact) mass is 472 g/mol. The molecule has 3 aromatic carbocycles. The second kappa shape index (κ2) is 8.18. The Morgan fingerprint density at radius 2 is 1.71 bits per heavy atom. The van der Waals surface area contributed by atoms with E-state index in [1.165, 1.54) is 34.4 Å². The Morgan fingerprint density at radius 1 is 1.00 bits per heavy atom. The summed E-state index contributed by atoms with van der Waals surface area (Å²) >= 11 is 1.25. The number of aliphatic hydroxyl groups is 1. The highest BCUT2D eigenvalue weighted by Gasteiger charge is 2.49. The van der Waals surface area contributed by atoms with Crippen molar-refractivity contribution in [2.75, 3.05) is 4.90 Å². The van der Waals surface area contributed by atoms with E-state index in [1.807, 2.05) is 44.2 Å². The van der Waals surface area contributed by atoms with Gasteiger partial charge < -0.3 is 5.11 Å². The van der Waals surface area contributed by atoms with Gasteiger partial charge in [-0.2, -0.15) is 0 Å². The molecule has 2 heterocycles. The molecule has 1 atom stereocenters. The van der Waals surface area contributed by atoms with E-state index in [2.05, 4.69) is 4.98 Å². The van der Waals surface area contributed by atoms with Crippen molar-refractivity contribution >= 4 is 44.1 Å². The zero-order chi connectivity index (χ0) is 24.1. The maximum atomic E-state index is 15.1. The maximum Gasteiger partial charge on any atom is 0.301 e. The van der Waals surface area contributed by atoms with Gasteiger partial charge in [0.15, 0.2) is 5.13 Å². The van der Waals surface area contributed by atoms with Gasteiger partial charge in [-0.25, -0.2) is 9.37 Å². The molecular formula is C27H21FN2O3S. The highest BCUT2D eigenvalue weighted by Crippen LogP contribution is 2.45. The van der Waals surface area contributed by atoms with Gasteiger partial charge in [0.05, 0.1) is 15.8 Å². The van der Waals surface area contributed by atoms with Crippen molar-refractivity contribution in [2.45, 2.75) is 26.8 Å². The van der Waals surface area contributed by atoms with E-state index < -0.39 is 23.5 Å². The molecule has 1 N–H and O–H groups in total. The van der Waals surface area contributed by atoms with Gasteiger partial charge in [0.1, 0.15) is 17.6 Å². The number of anilines is 1. The minimum Gasteiger partial charge on any atom is -0.507 e. The molecule has 1 aliphatic heterocycles. The number of amides is 1. The molecule has 1 aromatic heterocycles. The first-order chi connectivity index (χ1) is 16.3. The minimum absolute atomic E-state index is 0.115. The third kappa shape index (κ3) is 3.49. The molecule has 1 aliphatic rings. The van der Waals surface area contributed by atoms with Crippen molar-refractivity contribution in [3.8, 4) is 0 Å². The highest BCUT2D eigenvalue weighted by atomic mass is 32.1. The number of nitrogens with zero attached hydrogens (tertiary/aromatic N) is 2. The van der Waals surface area contributed by atoms with Gasteiger partial charge in [0.2, 0.25) is 0 Å². The summed E-state index contributed by atoms with van der Waals surface area (Å²) in [4.78, 5) is 32.4. The number of hydrogen-bond acceptors (Lipinski definition) is 5. The van der Waals surface area contributed by atoms with Crippen molar-refractivity contribution in [3.05, 3.63) is 99.9 Å². The molecule has 7 heteroatoms. The lowest BCUT2D eigenvalue weighted by Gasteiger charge is -2.23. The molecular weight excluding hydrogens is 451 g/mol. The molecule has 170 valence electrons. The Kier molecular flexibility index (Phi) is 5.29. The van der Waals surface area contributed by atoms with Crippen LogP contribution in [0.5, 0.6) is 0 Å². The summed E-state index contributed by atoms with van der Waals surface area (Å²) in [6.45, 7) is 5.62. The molecule has 1 saturated heterocycles. The number of aryl methyl sites for hydroxylation is 3. The number of rotatable bonds is 3. The average molecular weight is 473 g/mol. The van der Waals surface area contributed by atoms with E-state index in [9.17, 15) is 14.7 Å². The Hall–Kier alpha value is -3.84. The van der Waals surface area contributed by atoms with E-state index in [4.69, 9.17) is 0 Å². The number of Topliss-reactive ketones (excluding diaryl/α,β-unsaturated/α-hetero) is 1.